The highest BCUT2D eigenvalue weighted by Crippen LogP contribution is 2.31. The SMILES string of the molecule is O=C(O)c1ccc(-c2ccc(F)cc2[N+](=O)[O-])o1. The van der Waals surface area contributed by atoms with Gasteiger partial charge in [0.1, 0.15) is 11.6 Å². The summed E-state index contributed by atoms with van der Waals surface area (Å²) in [7, 11) is 0. The Morgan fingerprint density at radius 2 is 2.06 bits per heavy atom. The van der Waals surface area contributed by atoms with Gasteiger partial charge in [0.05, 0.1) is 16.6 Å². The molecule has 6 nitrogen and oxygen atoms in total. The van der Waals surface area contributed by atoms with Gasteiger partial charge in [-0.3, -0.25) is 10.1 Å². The molecule has 1 aromatic heterocycles. The Bertz CT molecular complexity index is 634. The van der Waals surface area contributed by atoms with E-state index in [1.165, 1.54) is 12.1 Å². The summed E-state index contributed by atoms with van der Waals surface area (Å²) < 4.78 is 17.9. The van der Waals surface area contributed by atoms with Crippen molar-refractivity contribution < 1.29 is 23.6 Å². The summed E-state index contributed by atoms with van der Waals surface area (Å²) in [5, 5.41) is 19.4. The zero-order valence-corrected chi connectivity index (χ0v) is 8.79. The highest BCUT2D eigenvalue weighted by atomic mass is 19.1. The highest BCUT2D eigenvalue weighted by molar-refractivity contribution is 5.85. The number of rotatable bonds is 3. The van der Waals surface area contributed by atoms with Crippen LogP contribution in [0.25, 0.3) is 11.3 Å². The normalized spacial score (nSPS) is 10.3. The number of nitrogens with zero attached hydrogens (tertiary/aromatic N) is 1. The predicted octanol–water partition coefficient (Wildman–Crippen LogP) is 2.69. The lowest BCUT2D eigenvalue weighted by atomic mass is 10.1. The molecule has 1 aromatic carbocycles. The zero-order valence-electron chi connectivity index (χ0n) is 8.79. The quantitative estimate of drug-likeness (QED) is 0.668. The van der Waals surface area contributed by atoms with E-state index in [9.17, 15) is 19.3 Å². The van der Waals surface area contributed by atoms with E-state index in [2.05, 4.69) is 0 Å². The molecule has 0 bridgehead atoms. The second-order valence-electron chi connectivity index (χ2n) is 3.39. The van der Waals surface area contributed by atoms with Gasteiger partial charge in [-0.2, -0.15) is 0 Å². The number of carbonyl (C=O) groups is 1. The van der Waals surface area contributed by atoms with Crippen molar-refractivity contribution in [3.05, 3.63) is 52.0 Å². The number of nitro groups is 1. The summed E-state index contributed by atoms with van der Waals surface area (Å²) in [6, 6.07) is 5.40. The topological polar surface area (TPSA) is 93.6 Å². The standard InChI is InChI=1S/C11H6FNO5/c12-6-1-2-7(8(5-6)13(16)17)9-3-4-10(18-9)11(14)15/h1-5H,(H,14,15). The lowest BCUT2D eigenvalue weighted by molar-refractivity contribution is -0.384. The number of carboxylic acid groups (broad SMARTS) is 1. The van der Waals surface area contributed by atoms with Crippen molar-refractivity contribution >= 4 is 11.7 Å². The molecule has 0 aliphatic carbocycles. The van der Waals surface area contributed by atoms with Crippen molar-refractivity contribution in [1.29, 1.82) is 0 Å². The third kappa shape index (κ3) is 2.05. The number of benzene rings is 1. The molecule has 0 aliphatic rings. The maximum absolute atomic E-state index is 12.9. The molecule has 0 unspecified atom stereocenters. The second kappa shape index (κ2) is 4.28. The average Bonchev–Trinajstić information content (AvgIpc) is 2.78. The van der Waals surface area contributed by atoms with Crippen molar-refractivity contribution in [2.24, 2.45) is 0 Å². The van der Waals surface area contributed by atoms with Crippen LogP contribution < -0.4 is 0 Å². The van der Waals surface area contributed by atoms with Crippen LogP contribution in [0.2, 0.25) is 0 Å². The summed E-state index contributed by atoms with van der Waals surface area (Å²) in [5.74, 6) is -2.38. The summed E-state index contributed by atoms with van der Waals surface area (Å²) in [5.41, 5.74) is -0.463. The molecule has 2 rings (SSSR count). The van der Waals surface area contributed by atoms with E-state index in [0.29, 0.717) is 0 Å². The Labute approximate surface area is 99.4 Å². The van der Waals surface area contributed by atoms with Crippen LogP contribution in [-0.4, -0.2) is 16.0 Å². The molecule has 18 heavy (non-hydrogen) atoms. The molecule has 92 valence electrons. The Morgan fingerprint density at radius 1 is 1.33 bits per heavy atom. The average molecular weight is 251 g/mol. The van der Waals surface area contributed by atoms with E-state index in [-0.39, 0.29) is 17.1 Å². The number of carboxylic acids is 1. The summed E-state index contributed by atoms with van der Waals surface area (Å²) in [6.07, 6.45) is 0. The number of halogens is 1. The minimum absolute atomic E-state index is 0.000833. The lowest BCUT2D eigenvalue weighted by Crippen LogP contribution is -1.93. The van der Waals surface area contributed by atoms with Gasteiger partial charge in [-0.1, -0.05) is 0 Å². The Kier molecular flexibility index (Phi) is 2.80. The van der Waals surface area contributed by atoms with E-state index in [1.54, 1.807) is 0 Å². The van der Waals surface area contributed by atoms with Gasteiger partial charge in [0.25, 0.3) is 5.69 Å². The van der Waals surface area contributed by atoms with Gasteiger partial charge in [-0.25, -0.2) is 9.18 Å². The van der Waals surface area contributed by atoms with Gasteiger partial charge >= 0.3 is 5.97 Å². The third-order valence-corrected chi connectivity index (χ3v) is 2.24. The van der Waals surface area contributed by atoms with Crippen molar-refractivity contribution in [3.8, 4) is 11.3 Å². The predicted molar refractivity (Wildman–Crippen MR) is 57.7 cm³/mol. The first-order valence-electron chi connectivity index (χ1n) is 4.76. The number of hydrogen-bond donors (Lipinski definition) is 1. The fraction of sp³-hybridized carbons (Fsp3) is 0. The van der Waals surface area contributed by atoms with Gasteiger partial charge in [-0.05, 0) is 24.3 Å². The minimum atomic E-state index is -1.29. The van der Waals surface area contributed by atoms with Crippen LogP contribution in [-0.2, 0) is 0 Å². The third-order valence-electron chi connectivity index (χ3n) is 2.24. The van der Waals surface area contributed by atoms with Gasteiger partial charge in [0.15, 0.2) is 0 Å². The summed E-state index contributed by atoms with van der Waals surface area (Å²) in [6.45, 7) is 0. The van der Waals surface area contributed by atoms with Crippen LogP contribution in [0.5, 0.6) is 0 Å². The molecular formula is C11H6FNO5. The fourth-order valence-corrected chi connectivity index (χ4v) is 1.46. The van der Waals surface area contributed by atoms with E-state index < -0.39 is 22.4 Å². The monoisotopic (exact) mass is 251 g/mol. The van der Waals surface area contributed by atoms with Crippen molar-refractivity contribution in [2.75, 3.05) is 0 Å². The Morgan fingerprint density at radius 3 is 2.61 bits per heavy atom. The second-order valence-corrected chi connectivity index (χ2v) is 3.39. The molecule has 0 radical (unpaired) electrons. The summed E-state index contributed by atoms with van der Waals surface area (Å²) >= 11 is 0. The molecular weight excluding hydrogens is 245 g/mol. The van der Waals surface area contributed by atoms with E-state index in [4.69, 9.17) is 9.52 Å². The Balaban J connectivity index is 2.55. The van der Waals surface area contributed by atoms with Crippen LogP contribution in [0.1, 0.15) is 10.6 Å². The van der Waals surface area contributed by atoms with Gasteiger partial charge in [0.2, 0.25) is 5.76 Å². The number of nitro benzene ring substituents is 1. The molecule has 0 atom stereocenters. The molecule has 0 amide bonds. The maximum Gasteiger partial charge on any atom is 0.371 e. The molecule has 7 heteroatoms. The highest BCUT2D eigenvalue weighted by Gasteiger charge is 2.20. The van der Waals surface area contributed by atoms with Crippen LogP contribution in [0.15, 0.2) is 34.7 Å². The van der Waals surface area contributed by atoms with Crippen molar-refractivity contribution in [3.63, 3.8) is 0 Å². The van der Waals surface area contributed by atoms with E-state index >= 15 is 0 Å². The number of furan rings is 1. The first-order chi connectivity index (χ1) is 8.49. The molecule has 1 N–H and O–H groups in total. The smallest absolute Gasteiger partial charge is 0.371 e. The van der Waals surface area contributed by atoms with Gasteiger partial charge in [-0.15, -0.1) is 0 Å². The van der Waals surface area contributed by atoms with E-state index in [1.807, 2.05) is 0 Å². The lowest BCUT2D eigenvalue weighted by Gasteiger charge is -1.99. The molecule has 0 saturated carbocycles. The van der Waals surface area contributed by atoms with Crippen molar-refractivity contribution in [2.45, 2.75) is 0 Å². The largest absolute Gasteiger partial charge is 0.475 e. The molecule has 0 fully saturated rings. The molecule has 0 saturated heterocycles. The van der Waals surface area contributed by atoms with Crippen LogP contribution in [0, 0.1) is 15.9 Å². The van der Waals surface area contributed by atoms with Crippen molar-refractivity contribution in [1.82, 2.24) is 0 Å². The Hall–Kier alpha value is -2.70. The maximum atomic E-state index is 12.9. The van der Waals surface area contributed by atoms with Crippen LogP contribution >= 0.6 is 0 Å². The van der Waals surface area contributed by atoms with Crippen LogP contribution in [0.3, 0.4) is 0 Å². The van der Waals surface area contributed by atoms with Gasteiger partial charge in [0, 0.05) is 0 Å². The summed E-state index contributed by atoms with van der Waals surface area (Å²) in [4.78, 5) is 20.6. The molecule has 1 heterocycles. The molecule has 0 aliphatic heterocycles. The van der Waals surface area contributed by atoms with Crippen LogP contribution in [0.4, 0.5) is 10.1 Å². The molecule has 2 aromatic rings. The zero-order chi connectivity index (χ0) is 13.3. The van der Waals surface area contributed by atoms with Gasteiger partial charge < -0.3 is 9.52 Å². The molecule has 0 spiro atoms. The minimum Gasteiger partial charge on any atom is -0.475 e. The number of aromatic carboxylic acids is 1. The fourth-order valence-electron chi connectivity index (χ4n) is 1.46. The first-order valence-corrected chi connectivity index (χ1v) is 4.76. The van der Waals surface area contributed by atoms with E-state index in [0.717, 1.165) is 18.2 Å². The first kappa shape index (κ1) is 11.8. The number of hydrogen-bond acceptors (Lipinski definition) is 4.